The van der Waals surface area contributed by atoms with Gasteiger partial charge in [-0.05, 0) is 59.7 Å². The summed E-state index contributed by atoms with van der Waals surface area (Å²) >= 11 is 13.5. The van der Waals surface area contributed by atoms with Crippen LogP contribution < -0.4 is 0 Å². The molecule has 7 rings (SSSR count). The van der Waals surface area contributed by atoms with Crippen LogP contribution >= 0.6 is 34.5 Å². The van der Waals surface area contributed by atoms with Crippen molar-refractivity contribution < 1.29 is 19.2 Å². The average molecular weight is 501 g/mol. The smallest absolute Gasteiger partial charge is 0.274 e. The number of Topliss-reactive ketones (excluding diaryl/α,β-unsaturated/α-hetero) is 1. The molecule has 168 valence electrons. The molecule has 2 saturated carbocycles. The summed E-state index contributed by atoms with van der Waals surface area (Å²) in [7, 11) is 0. The first kappa shape index (κ1) is 21.1. The van der Waals surface area contributed by atoms with Gasteiger partial charge in [0.15, 0.2) is 5.78 Å². The summed E-state index contributed by atoms with van der Waals surface area (Å²) in [4.78, 5) is 54.2. The van der Waals surface area contributed by atoms with Crippen LogP contribution in [-0.2, 0) is 9.59 Å². The van der Waals surface area contributed by atoms with Crippen molar-refractivity contribution in [3.63, 3.8) is 0 Å². The van der Waals surface area contributed by atoms with Gasteiger partial charge in [0.05, 0.1) is 27.3 Å². The maximum absolute atomic E-state index is 13.6. The summed E-state index contributed by atoms with van der Waals surface area (Å²) < 4.78 is 0. The Hall–Kier alpha value is -2.48. The van der Waals surface area contributed by atoms with Gasteiger partial charge in [0.2, 0.25) is 0 Å². The summed E-state index contributed by atoms with van der Waals surface area (Å²) in [5.41, 5.74) is 0.0689. The van der Waals surface area contributed by atoms with E-state index in [1.54, 1.807) is 17.5 Å². The van der Waals surface area contributed by atoms with Crippen molar-refractivity contribution in [3.8, 4) is 0 Å². The number of carbonyl (C=O) groups excluding carboxylic acids is 4. The molecule has 1 aliphatic heterocycles. The lowest BCUT2D eigenvalue weighted by Crippen LogP contribution is -2.52. The van der Waals surface area contributed by atoms with E-state index in [1.165, 1.54) is 29.5 Å². The Labute approximate surface area is 203 Å². The standard InChI is InChI=1S/C24H18Cl2N2O4S/c25-11-3-4-14(17(26)8-11)22(30)27(10-18(29)19-2-1-7-33-19)28-23(31)20-12-5-6-13(16-9-15(12)16)21(20)24(28)32/h1-8,12-13,15-16,20-21H,9-10H2/t12-,13-,15-,16+,20-,21+/m0/s1. The number of benzene rings is 1. The van der Waals surface area contributed by atoms with Gasteiger partial charge in [0.1, 0.15) is 6.54 Å². The third-order valence-corrected chi connectivity index (χ3v) is 8.83. The first-order chi connectivity index (χ1) is 15.9. The van der Waals surface area contributed by atoms with Gasteiger partial charge in [-0.1, -0.05) is 41.4 Å². The summed E-state index contributed by atoms with van der Waals surface area (Å²) in [5, 5.41) is 4.09. The highest BCUT2D eigenvalue weighted by molar-refractivity contribution is 7.12. The van der Waals surface area contributed by atoms with Crippen molar-refractivity contribution in [3.05, 3.63) is 68.3 Å². The normalized spacial score (nSPS) is 30.9. The molecule has 4 aliphatic carbocycles. The predicted molar refractivity (Wildman–Crippen MR) is 123 cm³/mol. The van der Waals surface area contributed by atoms with E-state index in [-0.39, 0.29) is 28.2 Å². The molecular weight excluding hydrogens is 483 g/mol. The number of amides is 3. The molecule has 2 aromatic rings. The number of allylic oxidation sites excluding steroid dienone is 2. The monoisotopic (exact) mass is 500 g/mol. The molecule has 0 unspecified atom stereocenters. The van der Waals surface area contributed by atoms with Gasteiger partial charge in [-0.2, -0.15) is 5.01 Å². The van der Waals surface area contributed by atoms with Crippen LogP contribution in [0.3, 0.4) is 0 Å². The quantitative estimate of drug-likeness (QED) is 0.347. The molecule has 1 saturated heterocycles. The van der Waals surface area contributed by atoms with Crippen LogP contribution in [0, 0.1) is 35.5 Å². The van der Waals surface area contributed by atoms with Gasteiger partial charge in [-0.25, -0.2) is 5.01 Å². The van der Waals surface area contributed by atoms with Crippen LogP contribution in [0.25, 0.3) is 0 Å². The number of hydrogen-bond acceptors (Lipinski definition) is 5. The zero-order chi connectivity index (χ0) is 23.0. The maximum atomic E-state index is 13.6. The van der Waals surface area contributed by atoms with Crippen molar-refractivity contribution in [2.45, 2.75) is 6.42 Å². The molecule has 3 amide bonds. The molecule has 0 radical (unpaired) electrons. The van der Waals surface area contributed by atoms with Crippen LogP contribution in [0.5, 0.6) is 0 Å². The highest BCUT2D eigenvalue weighted by Gasteiger charge is 2.68. The highest BCUT2D eigenvalue weighted by Crippen LogP contribution is 2.65. The van der Waals surface area contributed by atoms with Crippen LogP contribution in [0.15, 0.2) is 47.9 Å². The first-order valence-electron chi connectivity index (χ1n) is 10.8. The summed E-state index contributed by atoms with van der Waals surface area (Å²) in [6.07, 6.45) is 5.16. The minimum Gasteiger partial charge on any atom is -0.291 e. The summed E-state index contributed by atoms with van der Waals surface area (Å²) in [5.74, 6) is -1.95. The summed E-state index contributed by atoms with van der Waals surface area (Å²) in [6, 6.07) is 7.74. The first-order valence-corrected chi connectivity index (χ1v) is 12.4. The number of carbonyl (C=O) groups is 4. The van der Waals surface area contributed by atoms with Crippen molar-refractivity contribution in [2.75, 3.05) is 6.54 Å². The molecule has 1 aromatic carbocycles. The number of hydrazine groups is 1. The van der Waals surface area contributed by atoms with E-state index < -0.39 is 36.1 Å². The fourth-order valence-corrected chi connectivity index (χ4v) is 7.01. The minimum atomic E-state index is -0.688. The van der Waals surface area contributed by atoms with Crippen molar-refractivity contribution in [2.24, 2.45) is 35.5 Å². The van der Waals surface area contributed by atoms with E-state index in [0.717, 1.165) is 16.4 Å². The second-order valence-corrected chi connectivity index (χ2v) is 10.8. The van der Waals surface area contributed by atoms with Gasteiger partial charge in [0, 0.05) is 5.02 Å². The van der Waals surface area contributed by atoms with E-state index in [0.29, 0.717) is 21.7 Å². The van der Waals surface area contributed by atoms with E-state index in [2.05, 4.69) is 12.2 Å². The molecule has 0 spiro atoms. The summed E-state index contributed by atoms with van der Waals surface area (Å²) in [6.45, 7) is -0.440. The largest absolute Gasteiger partial charge is 0.291 e. The van der Waals surface area contributed by atoms with Crippen LogP contribution in [0.4, 0.5) is 0 Å². The second-order valence-electron chi connectivity index (χ2n) is 9.03. The Bertz CT molecular complexity index is 1210. The lowest BCUT2D eigenvalue weighted by Gasteiger charge is -2.37. The fourth-order valence-electron chi connectivity index (χ4n) is 5.87. The van der Waals surface area contributed by atoms with Crippen molar-refractivity contribution >= 4 is 58.0 Å². The molecule has 0 N–H and O–H groups in total. The molecule has 2 bridgehead atoms. The molecule has 33 heavy (non-hydrogen) atoms. The van der Waals surface area contributed by atoms with E-state index in [1.807, 2.05) is 0 Å². The minimum absolute atomic E-state index is 0.00974. The number of ketones is 1. The Morgan fingerprint density at radius 3 is 2.27 bits per heavy atom. The van der Waals surface area contributed by atoms with Gasteiger partial charge >= 0.3 is 0 Å². The van der Waals surface area contributed by atoms with Gasteiger partial charge < -0.3 is 0 Å². The molecule has 6 nitrogen and oxygen atoms in total. The Morgan fingerprint density at radius 2 is 1.70 bits per heavy atom. The molecule has 6 atom stereocenters. The Kier molecular flexibility index (Phi) is 4.80. The molecule has 3 fully saturated rings. The van der Waals surface area contributed by atoms with Crippen LogP contribution in [-0.4, -0.2) is 40.1 Å². The molecule has 9 heteroatoms. The topological polar surface area (TPSA) is 74.8 Å². The number of rotatable bonds is 5. The maximum Gasteiger partial charge on any atom is 0.274 e. The Morgan fingerprint density at radius 1 is 1.03 bits per heavy atom. The fraction of sp³-hybridized carbons (Fsp3) is 0.333. The van der Waals surface area contributed by atoms with E-state index >= 15 is 0 Å². The van der Waals surface area contributed by atoms with Crippen molar-refractivity contribution in [1.82, 2.24) is 10.0 Å². The molecular formula is C24H18Cl2N2O4S. The zero-order valence-corrected chi connectivity index (χ0v) is 19.5. The van der Waals surface area contributed by atoms with E-state index in [4.69, 9.17) is 23.2 Å². The lowest BCUT2D eigenvalue weighted by molar-refractivity contribution is -0.154. The lowest BCUT2D eigenvalue weighted by atomic mass is 9.63. The van der Waals surface area contributed by atoms with E-state index in [9.17, 15) is 19.2 Å². The zero-order valence-electron chi connectivity index (χ0n) is 17.2. The number of imide groups is 1. The number of halogens is 2. The van der Waals surface area contributed by atoms with Crippen molar-refractivity contribution in [1.29, 1.82) is 0 Å². The van der Waals surface area contributed by atoms with Gasteiger partial charge in [0.25, 0.3) is 17.7 Å². The van der Waals surface area contributed by atoms with Gasteiger partial charge in [-0.3, -0.25) is 19.2 Å². The SMILES string of the molecule is O=C(CN(C(=O)c1ccc(Cl)cc1Cl)N1C(=O)[C@@H]2[C@H]3C=C[C@@H]([C@@H]4C[C@H]34)[C@@H]2C1=O)c1cccs1. The van der Waals surface area contributed by atoms with Crippen LogP contribution in [0.1, 0.15) is 26.5 Å². The number of hydrogen-bond donors (Lipinski definition) is 0. The van der Waals surface area contributed by atoms with Gasteiger partial charge in [-0.15, -0.1) is 11.3 Å². The predicted octanol–water partition coefficient (Wildman–Crippen LogP) is 4.35. The second kappa shape index (κ2) is 7.52. The molecule has 1 aromatic heterocycles. The highest BCUT2D eigenvalue weighted by atomic mass is 35.5. The van der Waals surface area contributed by atoms with Crippen LogP contribution in [0.2, 0.25) is 10.0 Å². The molecule has 5 aliphatic rings. The number of nitrogens with zero attached hydrogens (tertiary/aromatic N) is 2. The Balaban J connectivity index is 1.39. The third kappa shape index (κ3) is 3.13. The number of thiophene rings is 1. The third-order valence-electron chi connectivity index (χ3n) is 7.37. The average Bonchev–Trinajstić information content (AvgIpc) is 3.36. The molecule has 2 heterocycles.